The molecule has 0 radical (unpaired) electrons. The van der Waals surface area contributed by atoms with E-state index in [1.54, 1.807) is 0 Å². The molecule has 1 unspecified atom stereocenters. The van der Waals surface area contributed by atoms with Crippen molar-refractivity contribution in [3.8, 4) is 11.1 Å². The van der Waals surface area contributed by atoms with Crippen LogP contribution in [0.15, 0.2) is 48.5 Å². The summed E-state index contributed by atoms with van der Waals surface area (Å²) in [5, 5.41) is 14.9. The van der Waals surface area contributed by atoms with Crippen LogP contribution in [0.5, 0.6) is 0 Å². The van der Waals surface area contributed by atoms with Gasteiger partial charge in [0.1, 0.15) is 6.61 Å². The predicted molar refractivity (Wildman–Crippen MR) is 133 cm³/mol. The van der Waals surface area contributed by atoms with Gasteiger partial charge in [-0.05, 0) is 60.3 Å². The minimum atomic E-state index is -0.785. The average Bonchev–Trinajstić information content (AvgIpc) is 3.41. The fourth-order valence-electron chi connectivity index (χ4n) is 5.43. The Bertz CT molecular complexity index is 1020. The number of carboxylic acid groups (broad SMARTS) is 1. The molecule has 7 nitrogen and oxygen atoms in total. The number of carboxylic acids is 1. The first kappa shape index (κ1) is 24.8. The molecular weight excluding hydrogens is 444 g/mol. The van der Waals surface area contributed by atoms with Crippen molar-refractivity contribution in [3.05, 3.63) is 59.7 Å². The van der Waals surface area contributed by atoms with Gasteiger partial charge < -0.3 is 20.5 Å². The van der Waals surface area contributed by atoms with Gasteiger partial charge in [-0.25, -0.2) is 4.79 Å². The van der Waals surface area contributed by atoms with Crippen molar-refractivity contribution in [2.75, 3.05) is 6.61 Å². The van der Waals surface area contributed by atoms with E-state index in [2.05, 4.69) is 34.9 Å². The Balaban J connectivity index is 1.22. The molecule has 2 amide bonds. The van der Waals surface area contributed by atoms with E-state index in [9.17, 15) is 14.4 Å². The predicted octanol–water partition coefficient (Wildman–Crippen LogP) is 4.84. The molecular formula is C28H34N2O5. The maximum atomic E-state index is 12.6. The molecule has 3 atom stereocenters. The van der Waals surface area contributed by atoms with Gasteiger partial charge in [-0.15, -0.1) is 0 Å². The number of hydrogen-bond donors (Lipinski definition) is 3. The number of hydrogen-bond acceptors (Lipinski definition) is 4. The van der Waals surface area contributed by atoms with Crippen LogP contribution in [0.2, 0.25) is 0 Å². The summed E-state index contributed by atoms with van der Waals surface area (Å²) in [5.74, 6) is -0.697. The summed E-state index contributed by atoms with van der Waals surface area (Å²) in [5.41, 5.74) is 4.71. The first-order chi connectivity index (χ1) is 16.9. The Hall–Kier alpha value is -3.35. The van der Waals surface area contributed by atoms with E-state index in [1.807, 2.05) is 31.2 Å². The van der Waals surface area contributed by atoms with Crippen LogP contribution in [0, 0.1) is 5.92 Å². The van der Waals surface area contributed by atoms with Crippen LogP contribution in [-0.4, -0.2) is 41.8 Å². The molecule has 0 spiro atoms. The minimum Gasteiger partial charge on any atom is -0.481 e. The maximum absolute atomic E-state index is 12.6. The molecule has 2 aliphatic carbocycles. The maximum Gasteiger partial charge on any atom is 0.407 e. The van der Waals surface area contributed by atoms with Crippen molar-refractivity contribution in [2.24, 2.45) is 5.92 Å². The molecule has 2 aromatic carbocycles. The lowest BCUT2D eigenvalue weighted by Gasteiger charge is -2.19. The molecule has 2 aromatic rings. The van der Waals surface area contributed by atoms with Crippen molar-refractivity contribution in [1.29, 1.82) is 0 Å². The SMILES string of the molecule is CCC(CCC(=O)N[C@@H]1CC[C@H](CC(=O)O)C1)NC(=O)OCC1c2ccccc2-c2ccccc21. The molecule has 4 rings (SSSR count). The van der Waals surface area contributed by atoms with Crippen LogP contribution in [-0.2, 0) is 14.3 Å². The second kappa shape index (κ2) is 11.4. The Labute approximate surface area is 206 Å². The number of alkyl carbamates (subject to hydrolysis) is 1. The first-order valence-electron chi connectivity index (χ1n) is 12.6. The Morgan fingerprint density at radius 3 is 2.31 bits per heavy atom. The molecule has 1 fully saturated rings. The average molecular weight is 479 g/mol. The van der Waals surface area contributed by atoms with Gasteiger partial charge in [0, 0.05) is 30.8 Å². The van der Waals surface area contributed by atoms with Crippen molar-refractivity contribution in [1.82, 2.24) is 10.6 Å². The van der Waals surface area contributed by atoms with E-state index < -0.39 is 12.1 Å². The standard InChI is InChI=1S/C28H34N2O5/c1-2-19(13-14-26(31)29-20-12-11-18(15-20)16-27(32)33)30-28(34)35-17-25-23-9-5-3-7-21(23)22-8-4-6-10-24(22)25/h3-10,18-20,25H,2,11-17H2,1H3,(H,29,31)(H,30,34)(H,32,33)/t18-,19?,20+/m0/s1. The zero-order valence-electron chi connectivity index (χ0n) is 20.2. The molecule has 2 aliphatic rings. The number of amides is 2. The second-order valence-electron chi connectivity index (χ2n) is 9.66. The molecule has 0 bridgehead atoms. The summed E-state index contributed by atoms with van der Waals surface area (Å²) in [7, 11) is 0. The van der Waals surface area contributed by atoms with Gasteiger partial charge in [-0.2, -0.15) is 0 Å². The van der Waals surface area contributed by atoms with Gasteiger partial charge in [0.05, 0.1) is 0 Å². The van der Waals surface area contributed by atoms with Crippen molar-refractivity contribution >= 4 is 18.0 Å². The number of rotatable bonds is 10. The third kappa shape index (κ3) is 6.21. The molecule has 7 heteroatoms. The molecule has 186 valence electrons. The third-order valence-electron chi connectivity index (χ3n) is 7.25. The first-order valence-corrected chi connectivity index (χ1v) is 12.6. The normalized spacial score (nSPS) is 19.5. The third-order valence-corrected chi connectivity index (χ3v) is 7.25. The number of carbonyl (C=O) groups excluding carboxylic acids is 2. The summed E-state index contributed by atoms with van der Waals surface area (Å²) in [4.78, 5) is 35.8. The van der Waals surface area contributed by atoms with E-state index in [4.69, 9.17) is 9.84 Å². The highest BCUT2D eigenvalue weighted by atomic mass is 16.5. The lowest BCUT2D eigenvalue weighted by Crippen LogP contribution is -2.38. The van der Waals surface area contributed by atoms with Crippen LogP contribution < -0.4 is 10.6 Å². The Morgan fingerprint density at radius 2 is 1.69 bits per heavy atom. The number of benzene rings is 2. The van der Waals surface area contributed by atoms with Gasteiger partial charge in [0.2, 0.25) is 5.91 Å². The molecule has 0 saturated heterocycles. The summed E-state index contributed by atoms with van der Waals surface area (Å²) in [6.45, 7) is 2.23. The minimum absolute atomic E-state index is 0.00960. The zero-order chi connectivity index (χ0) is 24.8. The van der Waals surface area contributed by atoms with E-state index in [1.165, 1.54) is 22.3 Å². The van der Waals surface area contributed by atoms with Gasteiger partial charge >= 0.3 is 12.1 Å². The van der Waals surface area contributed by atoms with Gasteiger partial charge in [-0.3, -0.25) is 9.59 Å². The largest absolute Gasteiger partial charge is 0.481 e. The van der Waals surface area contributed by atoms with Crippen LogP contribution in [0.25, 0.3) is 11.1 Å². The van der Waals surface area contributed by atoms with Crippen molar-refractivity contribution in [2.45, 2.75) is 69.9 Å². The number of nitrogens with one attached hydrogen (secondary N) is 2. The van der Waals surface area contributed by atoms with E-state index in [0.29, 0.717) is 25.7 Å². The summed E-state index contributed by atoms with van der Waals surface area (Å²) in [6, 6.07) is 16.3. The summed E-state index contributed by atoms with van der Waals surface area (Å²) >= 11 is 0. The Morgan fingerprint density at radius 1 is 1.03 bits per heavy atom. The second-order valence-corrected chi connectivity index (χ2v) is 9.66. The molecule has 0 aromatic heterocycles. The Kier molecular flexibility index (Phi) is 8.06. The number of carbonyl (C=O) groups is 3. The fraction of sp³-hybridized carbons (Fsp3) is 0.464. The zero-order valence-corrected chi connectivity index (χ0v) is 20.2. The fourth-order valence-corrected chi connectivity index (χ4v) is 5.43. The topological polar surface area (TPSA) is 105 Å². The lowest BCUT2D eigenvalue weighted by molar-refractivity contribution is -0.138. The van der Waals surface area contributed by atoms with Crippen LogP contribution in [0.4, 0.5) is 4.79 Å². The summed E-state index contributed by atoms with van der Waals surface area (Å²) in [6.07, 6.45) is 3.59. The van der Waals surface area contributed by atoms with Crippen LogP contribution >= 0.6 is 0 Å². The highest BCUT2D eigenvalue weighted by Crippen LogP contribution is 2.44. The van der Waals surface area contributed by atoms with Gasteiger partial charge in [0.15, 0.2) is 0 Å². The lowest BCUT2D eigenvalue weighted by atomic mass is 9.98. The number of fused-ring (bicyclic) bond motifs is 3. The van der Waals surface area contributed by atoms with Gasteiger partial charge in [-0.1, -0.05) is 55.5 Å². The summed E-state index contributed by atoms with van der Waals surface area (Å²) < 4.78 is 5.63. The molecule has 0 heterocycles. The van der Waals surface area contributed by atoms with E-state index >= 15 is 0 Å². The van der Waals surface area contributed by atoms with E-state index in [-0.39, 0.29) is 42.9 Å². The molecule has 1 saturated carbocycles. The molecule has 35 heavy (non-hydrogen) atoms. The molecule has 0 aliphatic heterocycles. The molecule has 3 N–H and O–H groups in total. The highest BCUT2D eigenvalue weighted by molar-refractivity contribution is 5.79. The van der Waals surface area contributed by atoms with Crippen LogP contribution in [0.1, 0.15) is 68.9 Å². The van der Waals surface area contributed by atoms with Crippen molar-refractivity contribution in [3.63, 3.8) is 0 Å². The number of ether oxygens (including phenoxy) is 1. The smallest absolute Gasteiger partial charge is 0.407 e. The quantitative estimate of drug-likeness (QED) is 0.453. The van der Waals surface area contributed by atoms with E-state index in [0.717, 1.165) is 12.8 Å². The number of aliphatic carboxylic acids is 1. The highest BCUT2D eigenvalue weighted by Gasteiger charge is 2.30. The van der Waals surface area contributed by atoms with Crippen molar-refractivity contribution < 1.29 is 24.2 Å². The van der Waals surface area contributed by atoms with Gasteiger partial charge in [0.25, 0.3) is 0 Å². The van der Waals surface area contributed by atoms with Crippen LogP contribution in [0.3, 0.4) is 0 Å². The monoisotopic (exact) mass is 478 g/mol.